The van der Waals surface area contributed by atoms with Crippen molar-refractivity contribution < 1.29 is 22.4 Å². The SMILES string of the molecule is O=C(CSc1nnc(-c2ccc(Cl)cc2)o1)Nc1nnc(C(F)(F)F)s1. The predicted octanol–water partition coefficient (Wildman–Crippen LogP) is 3.99. The number of carbonyl (C=O) groups excluding carboxylic acids is 1. The molecule has 2 heterocycles. The van der Waals surface area contributed by atoms with Gasteiger partial charge in [0.25, 0.3) is 5.22 Å². The number of aromatic nitrogens is 4. The lowest BCUT2D eigenvalue weighted by atomic mass is 10.2. The summed E-state index contributed by atoms with van der Waals surface area (Å²) in [5.74, 6) is -0.474. The van der Waals surface area contributed by atoms with Crippen LogP contribution in [0.2, 0.25) is 5.02 Å². The van der Waals surface area contributed by atoms with Crippen LogP contribution in [0.25, 0.3) is 11.5 Å². The maximum atomic E-state index is 12.4. The van der Waals surface area contributed by atoms with Gasteiger partial charge in [0, 0.05) is 10.6 Å². The molecule has 0 saturated heterocycles. The summed E-state index contributed by atoms with van der Waals surface area (Å²) in [6.45, 7) is 0. The Bertz CT molecular complexity index is 913. The minimum atomic E-state index is -4.60. The predicted molar refractivity (Wildman–Crippen MR) is 89.0 cm³/mol. The van der Waals surface area contributed by atoms with Crippen molar-refractivity contribution >= 4 is 45.7 Å². The number of nitrogens with zero attached hydrogens (tertiary/aromatic N) is 4. The van der Waals surface area contributed by atoms with Crippen LogP contribution in [-0.2, 0) is 11.0 Å². The highest BCUT2D eigenvalue weighted by Gasteiger charge is 2.35. The topological polar surface area (TPSA) is 93.8 Å². The molecule has 1 amide bonds. The van der Waals surface area contributed by atoms with E-state index in [1.807, 2.05) is 0 Å². The fraction of sp³-hybridized carbons (Fsp3) is 0.154. The average molecular weight is 422 g/mol. The molecule has 2 aromatic heterocycles. The van der Waals surface area contributed by atoms with Gasteiger partial charge >= 0.3 is 6.18 Å². The van der Waals surface area contributed by atoms with Gasteiger partial charge in [-0.25, -0.2) is 0 Å². The lowest BCUT2D eigenvalue weighted by Crippen LogP contribution is -2.13. The summed E-state index contributed by atoms with van der Waals surface area (Å²) in [5, 5.41) is 15.4. The third-order valence-electron chi connectivity index (χ3n) is 2.74. The van der Waals surface area contributed by atoms with E-state index in [1.165, 1.54) is 0 Å². The molecular formula is C13H7ClF3N5O2S2. The minimum absolute atomic E-state index is 0.137. The summed E-state index contributed by atoms with van der Waals surface area (Å²) in [7, 11) is 0. The van der Waals surface area contributed by atoms with E-state index in [2.05, 4.69) is 25.7 Å². The Hall–Kier alpha value is -2.18. The van der Waals surface area contributed by atoms with Crippen LogP contribution >= 0.6 is 34.7 Å². The Morgan fingerprint density at radius 2 is 1.92 bits per heavy atom. The number of carbonyl (C=O) groups is 1. The molecule has 1 N–H and O–H groups in total. The Balaban J connectivity index is 1.55. The van der Waals surface area contributed by atoms with Crippen LogP contribution in [0, 0.1) is 0 Å². The number of anilines is 1. The van der Waals surface area contributed by atoms with Gasteiger partial charge in [-0.1, -0.05) is 34.7 Å². The lowest BCUT2D eigenvalue weighted by molar-refractivity contribution is -0.138. The maximum absolute atomic E-state index is 12.4. The molecule has 0 saturated carbocycles. The third kappa shape index (κ3) is 4.71. The molecule has 26 heavy (non-hydrogen) atoms. The Labute approximate surface area is 157 Å². The van der Waals surface area contributed by atoms with Crippen LogP contribution in [-0.4, -0.2) is 32.1 Å². The standard InChI is InChI=1S/C13H7ClF3N5O2S2/c14-7-3-1-6(2-4-7)9-19-22-12(24-9)25-5-8(23)18-11-21-20-10(26-11)13(15,16)17/h1-4H,5H2,(H,18,21,23). The van der Waals surface area contributed by atoms with Crippen LogP contribution in [0.5, 0.6) is 0 Å². The second-order valence-corrected chi connectivity index (χ2v) is 6.97. The van der Waals surface area contributed by atoms with Crippen molar-refractivity contribution in [2.24, 2.45) is 0 Å². The largest absolute Gasteiger partial charge is 0.445 e. The zero-order chi connectivity index (χ0) is 18.7. The molecule has 0 fully saturated rings. The highest BCUT2D eigenvalue weighted by molar-refractivity contribution is 7.99. The van der Waals surface area contributed by atoms with Gasteiger partial charge in [-0.05, 0) is 24.3 Å². The van der Waals surface area contributed by atoms with Gasteiger partial charge in [0.1, 0.15) is 0 Å². The van der Waals surface area contributed by atoms with Gasteiger partial charge in [0.05, 0.1) is 5.75 Å². The molecule has 3 aromatic rings. The first-order valence-corrected chi connectivity index (χ1v) is 8.92. The quantitative estimate of drug-likeness (QED) is 0.622. The number of nitrogens with one attached hydrogen (secondary N) is 1. The second-order valence-electron chi connectivity index (χ2n) is 4.63. The molecule has 3 rings (SSSR count). The molecule has 13 heteroatoms. The van der Waals surface area contributed by atoms with E-state index >= 15 is 0 Å². The first kappa shape index (κ1) is 18.6. The van der Waals surface area contributed by atoms with E-state index < -0.39 is 17.1 Å². The highest BCUT2D eigenvalue weighted by atomic mass is 35.5. The monoisotopic (exact) mass is 421 g/mol. The summed E-state index contributed by atoms with van der Waals surface area (Å²) < 4.78 is 42.7. The van der Waals surface area contributed by atoms with E-state index in [9.17, 15) is 18.0 Å². The first-order chi connectivity index (χ1) is 12.3. The Kier molecular flexibility index (Phi) is 5.44. The van der Waals surface area contributed by atoms with Crippen LogP contribution in [0.1, 0.15) is 5.01 Å². The van der Waals surface area contributed by atoms with Crippen molar-refractivity contribution in [1.29, 1.82) is 0 Å². The van der Waals surface area contributed by atoms with Gasteiger partial charge in [-0.15, -0.1) is 20.4 Å². The molecule has 0 aliphatic rings. The van der Waals surface area contributed by atoms with E-state index in [1.54, 1.807) is 24.3 Å². The number of alkyl halides is 3. The summed E-state index contributed by atoms with van der Waals surface area (Å²) in [6, 6.07) is 6.73. The summed E-state index contributed by atoms with van der Waals surface area (Å²) in [6.07, 6.45) is -4.60. The zero-order valence-electron chi connectivity index (χ0n) is 12.5. The van der Waals surface area contributed by atoms with Gasteiger partial charge in [0.15, 0.2) is 0 Å². The highest BCUT2D eigenvalue weighted by Crippen LogP contribution is 2.33. The van der Waals surface area contributed by atoms with Crippen molar-refractivity contribution in [3.05, 3.63) is 34.3 Å². The molecule has 0 atom stereocenters. The van der Waals surface area contributed by atoms with Gasteiger partial charge in [-0.3, -0.25) is 10.1 Å². The molecular weight excluding hydrogens is 415 g/mol. The van der Waals surface area contributed by atoms with Crippen LogP contribution in [0.15, 0.2) is 33.9 Å². The summed E-state index contributed by atoms with van der Waals surface area (Å²) >= 11 is 6.97. The summed E-state index contributed by atoms with van der Waals surface area (Å²) in [4.78, 5) is 11.8. The lowest BCUT2D eigenvalue weighted by Gasteiger charge is -1.99. The number of rotatable bonds is 5. The number of amides is 1. The second kappa shape index (κ2) is 7.60. The van der Waals surface area contributed by atoms with Gasteiger partial charge in [0.2, 0.25) is 21.9 Å². The molecule has 7 nitrogen and oxygen atoms in total. The van der Waals surface area contributed by atoms with Crippen molar-refractivity contribution in [1.82, 2.24) is 20.4 Å². The van der Waals surface area contributed by atoms with Gasteiger partial charge < -0.3 is 4.42 Å². The van der Waals surface area contributed by atoms with Gasteiger partial charge in [-0.2, -0.15) is 13.2 Å². The third-order valence-corrected chi connectivity index (χ3v) is 4.69. The first-order valence-electron chi connectivity index (χ1n) is 6.74. The molecule has 0 aliphatic heterocycles. The molecule has 0 bridgehead atoms. The van der Waals surface area contributed by atoms with E-state index in [0.29, 0.717) is 10.6 Å². The fourth-order valence-electron chi connectivity index (χ4n) is 1.65. The number of benzene rings is 1. The fourth-order valence-corrected chi connectivity index (χ4v) is 2.96. The van der Waals surface area contributed by atoms with Crippen LogP contribution < -0.4 is 5.32 Å². The normalized spacial score (nSPS) is 11.5. The Morgan fingerprint density at radius 1 is 1.19 bits per heavy atom. The average Bonchev–Trinajstić information content (AvgIpc) is 3.22. The smallest absolute Gasteiger partial charge is 0.411 e. The Morgan fingerprint density at radius 3 is 2.58 bits per heavy atom. The minimum Gasteiger partial charge on any atom is -0.411 e. The molecule has 0 aliphatic carbocycles. The van der Waals surface area contributed by atoms with E-state index in [-0.39, 0.29) is 33.3 Å². The van der Waals surface area contributed by atoms with Crippen molar-refractivity contribution in [3.63, 3.8) is 0 Å². The molecule has 136 valence electrons. The van der Waals surface area contributed by atoms with Crippen LogP contribution in [0.4, 0.5) is 18.3 Å². The van der Waals surface area contributed by atoms with E-state index in [0.717, 1.165) is 11.8 Å². The maximum Gasteiger partial charge on any atom is 0.445 e. The zero-order valence-corrected chi connectivity index (χ0v) is 14.8. The number of thioether (sulfide) groups is 1. The number of hydrogen-bond donors (Lipinski definition) is 1. The molecule has 0 radical (unpaired) electrons. The summed E-state index contributed by atoms with van der Waals surface area (Å²) in [5.41, 5.74) is 0.659. The van der Waals surface area contributed by atoms with Crippen molar-refractivity contribution in [2.45, 2.75) is 11.4 Å². The molecule has 0 unspecified atom stereocenters. The van der Waals surface area contributed by atoms with Crippen molar-refractivity contribution in [2.75, 3.05) is 11.1 Å². The molecule has 0 spiro atoms. The molecule has 1 aromatic carbocycles. The van der Waals surface area contributed by atoms with Crippen molar-refractivity contribution in [3.8, 4) is 11.5 Å². The van der Waals surface area contributed by atoms with Crippen LogP contribution in [0.3, 0.4) is 0 Å². The van der Waals surface area contributed by atoms with E-state index in [4.69, 9.17) is 16.0 Å². The number of hydrogen-bond acceptors (Lipinski definition) is 8. The number of halogens is 4.